The summed E-state index contributed by atoms with van der Waals surface area (Å²) >= 11 is 0. The maximum Gasteiger partial charge on any atom is 0.231 e. The van der Waals surface area contributed by atoms with Gasteiger partial charge in [0.2, 0.25) is 5.91 Å². The second-order valence-electron chi connectivity index (χ2n) is 11.0. The fourth-order valence-corrected chi connectivity index (χ4v) is 4.93. The highest BCUT2D eigenvalue weighted by atomic mass is 16.5. The molecule has 1 aromatic rings. The molecule has 0 saturated carbocycles. The molecule has 39 heavy (non-hydrogen) atoms. The first-order chi connectivity index (χ1) is 18.4. The molecular weight excluding hydrogens is 498 g/mol. The normalized spacial score (nSPS) is 27.0. The van der Waals surface area contributed by atoms with Crippen molar-refractivity contribution in [2.24, 2.45) is 17.8 Å². The Hall–Kier alpha value is -2.97. The van der Waals surface area contributed by atoms with Crippen molar-refractivity contribution in [1.29, 1.82) is 0 Å². The molecule has 216 valence electrons. The van der Waals surface area contributed by atoms with Crippen molar-refractivity contribution < 1.29 is 34.4 Å². The van der Waals surface area contributed by atoms with Crippen molar-refractivity contribution in [3.63, 3.8) is 0 Å². The number of amides is 1. The van der Waals surface area contributed by atoms with E-state index in [2.05, 4.69) is 19.2 Å². The maximum absolute atomic E-state index is 13.4. The molecular formula is C31H45NO7. The molecule has 1 aliphatic rings. The lowest BCUT2D eigenvalue weighted by atomic mass is 9.91. The van der Waals surface area contributed by atoms with Gasteiger partial charge in [0.15, 0.2) is 11.6 Å². The van der Waals surface area contributed by atoms with Gasteiger partial charge < -0.3 is 25.4 Å². The van der Waals surface area contributed by atoms with Crippen molar-refractivity contribution >= 4 is 23.2 Å². The first-order valence-corrected chi connectivity index (χ1v) is 14.0. The highest BCUT2D eigenvalue weighted by Crippen LogP contribution is 2.29. The highest BCUT2D eigenvalue weighted by Gasteiger charge is 2.25. The Balaban J connectivity index is 2.48. The lowest BCUT2D eigenvalue weighted by Crippen LogP contribution is -2.26. The first-order valence-electron chi connectivity index (χ1n) is 14.0. The van der Waals surface area contributed by atoms with E-state index in [1.165, 1.54) is 25.3 Å². The Labute approximate surface area is 232 Å². The largest absolute Gasteiger partial charge is 0.512 e. The monoisotopic (exact) mass is 543 g/mol. The van der Waals surface area contributed by atoms with E-state index in [-0.39, 0.29) is 46.8 Å². The summed E-state index contributed by atoms with van der Waals surface area (Å²) in [5, 5.41) is 34.3. The number of hydrogen-bond donors (Lipinski definition) is 4. The number of phenols is 1. The van der Waals surface area contributed by atoms with Crippen LogP contribution in [0.2, 0.25) is 0 Å². The summed E-state index contributed by atoms with van der Waals surface area (Å²) in [7, 11) is 1.48. The third-order valence-electron chi connectivity index (χ3n) is 7.28. The molecule has 8 nitrogen and oxygen atoms in total. The zero-order chi connectivity index (χ0) is 29.1. The van der Waals surface area contributed by atoms with Crippen LogP contribution >= 0.6 is 0 Å². The van der Waals surface area contributed by atoms with Gasteiger partial charge in [-0.2, -0.15) is 0 Å². The van der Waals surface area contributed by atoms with Crippen LogP contribution in [-0.4, -0.2) is 46.0 Å². The fraction of sp³-hybridized carbons (Fsp3) is 0.581. The number of nitrogens with one attached hydrogen (secondary N) is 1. The SMILES string of the molecule is CC[C@@H]1CCCC(OC)C(=O)/C(C)=C/C(CCCC(C)C)C(=O)Nc2cc(O)cc(c2)[C@@H](O)CC(=O)/C=C/1O. The summed E-state index contributed by atoms with van der Waals surface area (Å²) in [5.74, 6) is -1.60. The van der Waals surface area contributed by atoms with Crippen LogP contribution in [0.1, 0.15) is 90.7 Å². The van der Waals surface area contributed by atoms with E-state index in [4.69, 9.17) is 4.74 Å². The Morgan fingerprint density at radius 2 is 1.82 bits per heavy atom. The zero-order valence-corrected chi connectivity index (χ0v) is 23.9. The number of carbonyl (C=O) groups excluding carboxylic acids is 3. The number of benzene rings is 1. The number of hydrogen-bond acceptors (Lipinski definition) is 7. The number of fused-ring (bicyclic) bond motifs is 2. The minimum absolute atomic E-state index is 0.0583. The number of aliphatic hydroxyl groups excluding tert-OH is 2. The van der Waals surface area contributed by atoms with Crippen LogP contribution in [0.4, 0.5) is 5.69 Å². The molecule has 2 bridgehead atoms. The number of anilines is 1. The average Bonchev–Trinajstić information content (AvgIpc) is 2.86. The molecule has 2 unspecified atom stereocenters. The van der Waals surface area contributed by atoms with Gasteiger partial charge in [0.05, 0.1) is 17.8 Å². The number of allylic oxidation sites excluding steroid dienone is 2. The standard InChI is InChI=1S/C31H45NO7/c1-6-21-10-8-12-29(39-5)30(37)20(4)13-22(11-7-9-19(2)3)31(38)32-24-14-23(15-25(33)16-24)28(36)18-26(34)17-27(21)35/h13-17,19,21-22,28-29,33,35-36H,6-12,18H2,1-5H3,(H,32,38)/b20-13+,27-17-/t21-,22?,28+,29?/m1/s1. The number of aromatic hydroxyl groups is 1. The molecule has 0 aliphatic carbocycles. The van der Waals surface area contributed by atoms with Gasteiger partial charge in [-0.3, -0.25) is 14.4 Å². The molecule has 4 atom stereocenters. The number of Topliss-reactive ketones (excluding diaryl/α,β-unsaturated/α-hetero) is 1. The molecule has 0 saturated heterocycles. The third kappa shape index (κ3) is 10.3. The summed E-state index contributed by atoms with van der Waals surface area (Å²) in [6.07, 6.45) is 5.07. The lowest BCUT2D eigenvalue weighted by Gasteiger charge is -2.19. The minimum atomic E-state index is -1.24. The number of ketones is 2. The fourth-order valence-electron chi connectivity index (χ4n) is 4.93. The summed E-state index contributed by atoms with van der Waals surface area (Å²) in [4.78, 5) is 39.2. The quantitative estimate of drug-likeness (QED) is 0.348. The van der Waals surface area contributed by atoms with Crippen LogP contribution in [0, 0.1) is 17.8 Å². The Kier molecular flexibility index (Phi) is 12.9. The molecule has 8 heteroatoms. The van der Waals surface area contributed by atoms with Crippen LogP contribution < -0.4 is 5.32 Å². The smallest absolute Gasteiger partial charge is 0.231 e. The van der Waals surface area contributed by atoms with Crippen LogP contribution in [0.5, 0.6) is 5.75 Å². The van der Waals surface area contributed by atoms with Gasteiger partial charge in [-0.05, 0) is 68.2 Å². The average molecular weight is 544 g/mol. The number of rotatable bonds is 6. The molecule has 1 aromatic carbocycles. The molecule has 1 amide bonds. The van der Waals surface area contributed by atoms with Crippen molar-refractivity contribution in [3.05, 3.63) is 47.2 Å². The number of ether oxygens (including phenoxy) is 1. The predicted octanol–water partition coefficient (Wildman–Crippen LogP) is 5.95. The van der Waals surface area contributed by atoms with Gasteiger partial charge in [0, 0.05) is 37.3 Å². The van der Waals surface area contributed by atoms with E-state index in [1.54, 1.807) is 13.0 Å². The van der Waals surface area contributed by atoms with Gasteiger partial charge in [0.25, 0.3) is 0 Å². The number of phenolic OH excluding ortho intramolecular Hbond substituents is 1. The summed E-state index contributed by atoms with van der Waals surface area (Å²) in [5.41, 5.74) is 0.972. The summed E-state index contributed by atoms with van der Waals surface area (Å²) in [6.45, 7) is 7.83. The van der Waals surface area contributed by atoms with Gasteiger partial charge >= 0.3 is 0 Å². The molecule has 1 heterocycles. The van der Waals surface area contributed by atoms with Gasteiger partial charge in [0.1, 0.15) is 11.9 Å². The molecule has 0 radical (unpaired) electrons. The summed E-state index contributed by atoms with van der Waals surface area (Å²) in [6, 6.07) is 4.21. The molecule has 1 aliphatic heterocycles. The maximum atomic E-state index is 13.4. The Morgan fingerprint density at radius 3 is 2.46 bits per heavy atom. The van der Waals surface area contributed by atoms with Crippen molar-refractivity contribution in [3.8, 4) is 5.75 Å². The second-order valence-corrected chi connectivity index (χ2v) is 11.0. The van der Waals surface area contributed by atoms with Gasteiger partial charge in [-0.1, -0.05) is 39.7 Å². The highest BCUT2D eigenvalue weighted by molar-refractivity contribution is 6.00. The predicted molar refractivity (Wildman–Crippen MR) is 151 cm³/mol. The van der Waals surface area contributed by atoms with Crippen LogP contribution in [-0.2, 0) is 19.1 Å². The van der Waals surface area contributed by atoms with Crippen LogP contribution in [0.15, 0.2) is 41.7 Å². The number of methoxy groups -OCH3 is 1. The van der Waals surface area contributed by atoms with E-state index in [0.717, 1.165) is 18.9 Å². The zero-order valence-electron chi connectivity index (χ0n) is 23.9. The third-order valence-corrected chi connectivity index (χ3v) is 7.28. The topological polar surface area (TPSA) is 133 Å². The van der Waals surface area contributed by atoms with E-state index in [0.29, 0.717) is 43.6 Å². The van der Waals surface area contributed by atoms with Crippen LogP contribution in [0.25, 0.3) is 0 Å². The van der Waals surface area contributed by atoms with E-state index in [1.807, 2.05) is 6.92 Å². The van der Waals surface area contributed by atoms with Gasteiger partial charge in [-0.25, -0.2) is 0 Å². The summed E-state index contributed by atoms with van der Waals surface area (Å²) < 4.78 is 5.50. The number of carbonyl (C=O) groups is 3. The number of aliphatic hydroxyl groups is 2. The van der Waals surface area contributed by atoms with E-state index >= 15 is 0 Å². The van der Waals surface area contributed by atoms with Crippen molar-refractivity contribution in [2.75, 3.05) is 12.4 Å². The van der Waals surface area contributed by atoms with E-state index in [9.17, 15) is 29.7 Å². The van der Waals surface area contributed by atoms with E-state index < -0.39 is 23.9 Å². The molecule has 0 spiro atoms. The minimum Gasteiger partial charge on any atom is -0.512 e. The van der Waals surface area contributed by atoms with Crippen molar-refractivity contribution in [2.45, 2.75) is 91.3 Å². The molecule has 2 rings (SSSR count). The molecule has 0 aromatic heterocycles. The molecule has 0 fully saturated rings. The van der Waals surface area contributed by atoms with Crippen molar-refractivity contribution in [1.82, 2.24) is 0 Å². The Morgan fingerprint density at radius 1 is 1.10 bits per heavy atom. The Bertz CT molecular complexity index is 1060. The first kappa shape index (κ1) is 32.2. The van der Waals surface area contributed by atoms with Gasteiger partial charge in [-0.15, -0.1) is 0 Å². The van der Waals surface area contributed by atoms with Crippen LogP contribution in [0.3, 0.4) is 0 Å². The molecule has 4 N–H and O–H groups in total. The second kappa shape index (κ2) is 15.6. The lowest BCUT2D eigenvalue weighted by molar-refractivity contribution is -0.125.